The number of pyridine rings is 1. The zero-order chi connectivity index (χ0) is 17.5. The van der Waals surface area contributed by atoms with E-state index in [2.05, 4.69) is 15.6 Å². The van der Waals surface area contributed by atoms with E-state index in [1.807, 2.05) is 18.2 Å². The lowest BCUT2D eigenvalue weighted by molar-refractivity contribution is -0.122. The van der Waals surface area contributed by atoms with Gasteiger partial charge in [0.15, 0.2) is 6.61 Å². The SMILES string of the molecule is CNC(=O)COc1cccc(CNc2ncc(C(N)=O)cc2Cl)c1. The number of nitrogens with zero attached hydrogens (tertiary/aromatic N) is 1. The summed E-state index contributed by atoms with van der Waals surface area (Å²) in [7, 11) is 1.55. The fraction of sp³-hybridized carbons (Fsp3) is 0.188. The molecule has 2 rings (SSSR count). The van der Waals surface area contributed by atoms with Crippen LogP contribution in [-0.2, 0) is 11.3 Å². The van der Waals surface area contributed by atoms with E-state index in [0.29, 0.717) is 23.1 Å². The molecule has 2 aromatic rings. The Bertz CT molecular complexity index is 752. The number of nitrogens with one attached hydrogen (secondary N) is 2. The van der Waals surface area contributed by atoms with Gasteiger partial charge in [0.25, 0.3) is 5.91 Å². The number of hydrogen-bond donors (Lipinski definition) is 3. The van der Waals surface area contributed by atoms with Gasteiger partial charge in [-0.15, -0.1) is 0 Å². The summed E-state index contributed by atoms with van der Waals surface area (Å²) in [6.07, 6.45) is 1.36. The van der Waals surface area contributed by atoms with E-state index in [0.717, 1.165) is 5.56 Å². The summed E-state index contributed by atoms with van der Waals surface area (Å²) in [6.45, 7) is 0.398. The molecule has 0 aliphatic carbocycles. The first-order chi connectivity index (χ1) is 11.5. The molecule has 0 aliphatic heterocycles. The maximum absolute atomic E-state index is 11.2. The number of carbonyl (C=O) groups is 2. The number of hydrogen-bond acceptors (Lipinski definition) is 5. The molecule has 0 unspecified atom stereocenters. The second-order valence-corrected chi connectivity index (χ2v) is 5.29. The van der Waals surface area contributed by atoms with Crippen LogP contribution in [0.4, 0.5) is 5.82 Å². The molecule has 0 saturated heterocycles. The molecule has 4 N–H and O–H groups in total. The lowest BCUT2D eigenvalue weighted by atomic mass is 10.2. The van der Waals surface area contributed by atoms with Gasteiger partial charge in [0.1, 0.15) is 11.6 Å². The molecule has 126 valence electrons. The molecule has 24 heavy (non-hydrogen) atoms. The first kappa shape index (κ1) is 17.6. The molecule has 0 bridgehead atoms. The van der Waals surface area contributed by atoms with Crippen LogP contribution < -0.4 is 21.1 Å². The predicted molar refractivity (Wildman–Crippen MR) is 91.1 cm³/mol. The van der Waals surface area contributed by atoms with Crippen molar-refractivity contribution in [3.05, 3.63) is 52.7 Å². The van der Waals surface area contributed by atoms with Gasteiger partial charge in [-0.25, -0.2) is 4.98 Å². The maximum atomic E-state index is 11.2. The van der Waals surface area contributed by atoms with Crippen LogP contribution in [0.3, 0.4) is 0 Å². The molecular weight excluding hydrogens is 332 g/mol. The predicted octanol–water partition coefficient (Wildman–Crippen LogP) is 1.57. The Morgan fingerprint density at radius 1 is 1.33 bits per heavy atom. The number of nitrogens with two attached hydrogens (primary N) is 1. The molecule has 0 aliphatic rings. The second-order valence-electron chi connectivity index (χ2n) is 4.88. The molecule has 0 spiro atoms. The highest BCUT2D eigenvalue weighted by atomic mass is 35.5. The van der Waals surface area contributed by atoms with Crippen molar-refractivity contribution in [3.63, 3.8) is 0 Å². The number of ether oxygens (including phenoxy) is 1. The average molecular weight is 349 g/mol. The molecule has 0 radical (unpaired) electrons. The van der Waals surface area contributed by atoms with E-state index >= 15 is 0 Å². The third kappa shape index (κ3) is 4.85. The molecule has 0 saturated carbocycles. The Hall–Kier alpha value is -2.80. The van der Waals surface area contributed by atoms with Gasteiger partial charge < -0.3 is 21.1 Å². The van der Waals surface area contributed by atoms with Crippen molar-refractivity contribution in [2.75, 3.05) is 19.0 Å². The minimum Gasteiger partial charge on any atom is -0.484 e. The van der Waals surface area contributed by atoms with Gasteiger partial charge in [-0.3, -0.25) is 9.59 Å². The van der Waals surface area contributed by atoms with E-state index in [-0.39, 0.29) is 18.1 Å². The summed E-state index contributed by atoms with van der Waals surface area (Å²) in [5, 5.41) is 5.86. The van der Waals surface area contributed by atoms with Crippen molar-refractivity contribution < 1.29 is 14.3 Å². The first-order valence-electron chi connectivity index (χ1n) is 7.11. The summed E-state index contributed by atoms with van der Waals surface area (Å²) in [5.74, 6) is 0.236. The molecule has 1 aromatic carbocycles. The van der Waals surface area contributed by atoms with E-state index in [1.54, 1.807) is 13.1 Å². The van der Waals surface area contributed by atoms with Gasteiger partial charge in [0.05, 0.1) is 10.6 Å². The molecular formula is C16H17ClN4O3. The van der Waals surface area contributed by atoms with Gasteiger partial charge in [-0.1, -0.05) is 23.7 Å². The number of likely N-dealkylation sites (N-methyl/N-ethyl adjacent to an activating group) is 1. The normalized spacial score (nSPS) is 10.1. The summed E-state index contributed by atoms with van der Waals surface area (Å²) in [5.41, 5.74) is 6.34. The third-order valence-corrected chi connectivity index (χ3v) is 3.42. The maximum Gasteiger partial charge on any atom is 0.257 e. The van der Waals surface area contributed by atoms with Crippen LogP contribution in [-0.4, -0.2) is 30.5 Å². The fourth-order valence-electron chi connectivity index (χ4n) is 1.85. The molecule has 7 nitrogen and oxygen atoms in total. The number of aromatic nitrogens is 1. The van der Waals surface area contributed by atoms with E-state index in [9.17, 15) is 9.59 Å². The van der Waals surface area contributed by atoms with E-state index in [1.165, 1.54) is 12.3 Å². The van der Waals surface area contributed by atoms with Crippen molar-refractivity contribution in [1.29, 1.82) is 0 Å². The molecule has 1 aromatic heterocycles. The molecule has 0 fully saturated rings. The van der Waals surface area contributed by atoms with Crippen LogP contribution in [0.25, 0.3) is 0 Å². The molecule has 2 amide bonds. The minimum atomic E-state index is -0.586. The highest BCUT2D eigenvalue weighted by molar-refractivity contribution is 6.33. The number of halogens is 1. The molecule has 0 atom stereocenters. The van der Waals surface area contributed by atoms with Gasteiger partial charge >= 0.3 is 0 Å². The Labute approximate surface area is 144 Å². The van der Waals surface area contributed by atoms with Crippen molar-refractivity contribution in [3.8, 4) is 5.75 Å². The zero-order valence-corrected chi connectivity index (χ0v) is 13.8. The number of rotatable bonds is 7. The third-order valence-electron chi connectivity index (χ3n) is 3.13. The van der Waals surface area contributed by atoms with Gasteiger partial charge in [-0.05, 0) is 23.8 Å². The van der Waals surface area contributed by atoms with Gasteiger partial charge in [-0.2, -0.15) is 0 Å². The Morgan fingerprint density at radius 3 is 2.79 bits per heavy atom. The zero-order valence-electron chi connectivity index (χ0n) is 13.0. The van der Waals surface area contributed by atoms with Gasteiger partial charge in [0.2, 0.25) is 5.91 Å². The number of anilines is 1. The van der Waals surface area contributed by atoms with Crippen LogP contribution in [0.5, 0.6) is 5.75 Å². The Morgan fingerprint density at radius 2 is 2.12 bits per heavy atom. The lowest BCUT2D eigenvalue weighted by Crippen LogP contribution is -2.24. The molecule has 8 heteroatoms. The second kappa shape index (κ2) is 8.16. The van der Waals surface area contributed by atoms with Crippen LogP contribution in [0.2, 0.25) is 5.02 Å². The highest BCUT2D eigenvalue weighted by Gasteiger charge is 2.07. The average Bonchev–Trinajstić information content (AvgIpc) is 2.58. The quantitative estimate of drug-likeness (QED) is 0.704. The van der Waals surface area contributed by atoms with Crippen LogP contribution >= 0.6 is 11.6 Å². The van der Waals surface area contributed by atoms with Crippen LogP contribution in [0.15, 0.2) is 36.5 Å². The Balaban J connectivity index is 1.99. The van der Waals surface area contributed by atoms with Crippen molar-refractivity contribution in [2.24, 2.45) is 5.73 Å². The Kier molecular flexibility index (Phi) is 5.97. The number of carbonyl (C=O) groups excluding carboxylic acids is 2. The first-order valence-corrected chi connectivity index (χ1v) is 7.49. The van der Waals surface area contributed by atoms with E-state index < -0.39 is 5.91 Å². The summed E-state index contributed by atoms with van der Waals surface area (Å²) in [6, 6.07) is 8.75. The minimum absolute atomic E-state index is 0.0463. The largest absolute Gasteiger partial charge is 0.484 e. The van der Waals surface area contributed by atoms with Crippen molar-refractivity contribution >= 4 is 29.2 Å². The fourth-order valence-corrected chi connectivity index (χ4v) is 2.09. The van der Waals surface area contributed by atoms with Crippen molar-refractivity contribution in [1.82, 2.24) is 10.3 Å². The highest BCUT2D eigenvalue weighted by Crippen LogP contribution is 2.21. The topological polar surface area (TPSA) is 106 Å². The van der Waals surface area contributed by atoms with Gasteiger partial charge in [0, 0.05) is 19.8 Å². The van der Waals surface area contributed by atoms with Crippen LogP contribution in [0.1, 0.15) is 15.9 Å². The summed E-state index contributed by atoms with van der Waals surface area (Å²) in [4.78, 5) is 26.3. The number of primary amides is 1. The summed E-state index contributed by atoms with van der Waals surface area (Å²) < 4.78 is 5.38. The van der Waals surface area contributed by atoms with Crippen LogP contribution in [0, 0.1) is 0 Å². The summed E-state index contributed by atoms with van der Waals surface area (Å²) >= 11 is 6.07. The van der Waals surface area contributed by atoms with Crippen molar-refractivity contribution in [2.45, 2.75) is 6.54 Å². The number of amides is 2. The smallest absolute Gasteiger partial charge is 0.257 e. The number of benzene rings is 1. The standard InChI is InChI=1S/C16H17ClN4O3/c1-19-14(22)9-24-12-4-2-3-10(5-12)7-20-16-13(17)6-11(8-21-16)15(18)23/h2-6,8H,7,9H2,1H3,(H2,18,23)(H,19,22)(H,20,21). The lowest BCUT2D eigenvalue weighted by Gasteiger charge is -2.10. The monoisotopic (exact) mass is 348 g/mol. The molecule has 1 heterocycles. The van der Waals surface area contributed by atoms with E-state index in [4.69, 9.17) is 22.1 Å².